The van der Waals surface area contributed by atoms with Crippen LogP contribution in [-0.4, -0.2) is 4.57 Å². The van der Waals surface area contributed by atoms with Gasteiger partial charge >= 0.3 is 0 Å². The largest absolute Gasteiger partial charge is 0.345 e. The van der Waals surface area contributed by atoms with Crippen molar-refractivity contribution in [3.8, 4) is 12.1 Å². The summed E-state index contributed by atoms with van der Waals surface area (Å²) in [7, 11) is 0. The minimum Gasteiger partial charge on any atom is -0.345 e. The maximum absolute atomic E-state index is 9.60. The lowest BCUT2D eigenvalue weighted by Gasteiger charge is -2.04. The Labute approximate surface area is 141 Å². The second-order valence-corrected chi connectivity index (χ2v) is 5.62. The van der Waals surface area contributed by atoms with E-state index in [9.17, 15) is 5.26 Å². The maximum atomic E-state index is 9.60. The van der Waals surface area contributed by atoms with Gasteiger partial charge in [0.2, 0.25) is 0 Å². The third-order valence-electron chi connectivity index (χ3n) is 4.33. The highest BCUT2D eigenvalue weighted by Crippen LogP contribution is 2.29. The third kappa shape index (κ3) is 2.57. The summed E-state index contributed by atoms with van der Waals surface area (Å²) in [5.74, 6) is 0. The lowest BCUT2D eigenvalue weighted by atomic mass is 10.0. The fraction of sp³-hybridized carbons (Fsp3) is 0.143. The van der Waals surface area contributed by atoms with Crippen molar-refractivity contribution in [2.24, 2.45) is 0 Å². The van der Waals surface area contributed by atoms with Crippen molar-refractivity contribution in [3.63, 3.8) is 0 Å². The molecule has 0 saturated carbocycles. The van der Waals surface area contributed by atoms with Crippen molar-refractivity contribution >= 4 is 22.6 Å². The van der Waals surface area contributed by atoms with Crippen LogP contribution < -0.4 is 0 Å². The van der Waals surface area contributed by atoms with Crippen molar-refractivity contribution in [3.05, 3.63) is 70.9 Å². The van der Waals surface area contributed by atoms with Crippen LogP contribution in [0.4, 0.5) is 0 Å². The van der Waals surface area contributed by atoms with Crippen molar-refractivity contribution in [2.75, 3.05) is 0 Å². The SMILES string of the molecule is CCn1c(C)c(/C=C(/C#N)c2ccc(C#N)cc2)c2ccccc21. The Morgan fingerprint density at radius 2 is 1.79 bits per heavy atom. The fourth-order valence-corrected chi connectivity index (χ4v) is 3.10. The summed E-state index contributed by atoms with van der Waals surface area (Å²) in [5, 5.41) is 19.7. The van der Waals surface area contributed by atoms with E-state index in [1.165, 1.54) is 5.52 Å². The Morgan fingerprint density at radius 3 is 2.42 bits per heavy atom. The number of hydrogen-bond acceptors (Lipinski definition) is 2. The third-order valence-corrected chi connectivity index (χ3v) is 4.33. The van der Waals surface area contributed by atoms with E-state index in [-0.39, 0.29) is 0 Å². The Balaban J connectivity index is 2.19. The van der Waals surface area contributed by atoms with Crippen LogP contribution in [-0.2, 0) is 6.54 Å². The maximum Gasteiger partial charge on any atom is 0.0998 e. The van der Waals surface area contributed by atoms with E-state index in [4.69, 9.17) is 5.26 Å². The fourth-order valence-electron chi connectivity index (χ4n) is 3.10. The molecule has 0 spiro atoms. The zero-order chi connectivity index (χ0) is 17.1. The van der Waals surface area contributed by atoms with E-state index >= 15 is 0 Å². The second kappa shape index (κ2) is 6.44. The molecule has 0 atom stereocenters. The first kappa shape index (κ1) is 15.6. The topological polar surface area (TPSA) is 52.5 Å². The average Bonchev–Trinajstić information content (AvgIpc) is 2.90. The van der Waals surface area contributed by atoms with Crippen molar-refractivity contribution in [1.29, 1.82) is 10.5 Å². The van der Waals surface area contributed by atoms with Crippen molar-refractivity contribution in [2.45, 2.75) is 20.4 Å². The Kier molecular flexibility index (Phi) is 4.18. The first-order valence-electron chi connectivity index (χ1n) is 7.89. The van der Waals surface area contributed by atoms with Gasteiger partial charge in [0, 0.05) is 28.7 Å². The summed E-state index contributed by atoms with van der Waals surface area (Å²) < 4.78 is 2.26. The lowest BCUT2D eigenvalue weighted by Crippen LogP contribution is -1.96. The number of para-hydroxylation sites is 1. The second-order valence-electron chi connectivity index (χ2n) is 5.62. The number of nitrogens with zero attached hydrogens (tertiary/aromatic N) is 3. The molecule has 0 aliphatic rings. The van der Waals surface area contributed by atoms with Crippen LogP contribution in [0.15, 0.2) is 48.5 Å². The van der Waals surface area contributed by atoms with Gasteiger partial charge in [0.1, 0.15) is 0 Å². The smallest absolute Gasteiger partial charge is 0.0998 e. The van der Waals surface area contributed by atoms with Gasteiger partial charge in [0.05, 0.1) is 23.3 Å². The van der Waals surface area contributed by atoms with Gasteiger partial charge in [-0.05, 0) is 43.7 Å². The Morgan fingerprint density at radius 1 is 1.08 bits per heavy atom. The van der Waals surface area contributed by atoms with Gasteiger partial charge in [-0.2, -0.15) is 10.5 Å². The van der Waals surface area contributed by atoms with Crippen LogP contribution in [0, 0.1) is 29.6 Å². The summed E-state index contributed by atoms with van der Waals surface area (Å²) in [6, 6.07) is 19.8. The van der Waals surface area contributed by atoms with E-state index in [0.717, 1.165) is 28.8 Å². The van der Waals surface area contributed by atoms with E-state index < -0.39 is 0 Å². The predicted octanol–water partition coefficient (Wildman–Crippen LogP) is 4.91. The minimum absolute atomic E-state index is 0.592. The summed E-state index contributed by atoms with van der Waals surface area (Å²) in [4.78, 5) is 0. The quantitative estimate of drug-likeness (QED) is 0.646. The van der Waals surface area contributed by atoms with E-state index in [1.807, 2.05) is 30.3 Å². The summed E-state index contributed by atoms with van der Waals surface area (Å²) in [5.41, 5.74) is 5.43. The van der Waals surface area contributed by atoms with E-state index in [1.54, 1.807) is 12.1 Å². The highest BCUT2D eigenvalue weighted by Gasteiger charge is 2.12. The van der Waals surface area contributed by atoms with Crippen molar-refractivity contribution < 1.29 is 0 Å². The molecule has 0 aliphatic carbocycles. The molecule has 0 unspecified atom stereocenters. The molecule has 1 heterocycles. The van der Waals surface area contributed by atoms with Crippen molar-refractivity contribution in [1.82, 2.24) is 4.57 Å². The van der Waals surface area contributed by atoms with Crippen LogP contribution in [0.25, 0.3) is 22.6 Å². The number of benzene rings is 2. The zero-order valence-electron chi connectivity index (χ0n) is 13.7. The van der Waals surface area contributed by atoms with Crippen LogP contribution in [0.5, 0.6) is 0 Å². The molecular formula is C21H17N3. The number of fused-ring (bicyclic) bond motifs is 1. The predicted molar refractivity (Wildman–Crippen MR) is 97.0 cm³/mol. The molecule has 3 nitrogen and oxygen atoms in total. The Hall–Kier alpha value is -3.30. The van der Waals surface area contributed by atoms with Gasteiger partial charge in [-0.3, -0.25) is 0 Å². The standard InChI is InChI=1S/C21H17N3/c1-3-24-15(2)20(19-6-4-5-7-21(19)24)12-18(14-23)17-10-8-16(13-22)9-11-17/h4-12H,3H2,1-2H3/b18-12-. The molecule has 24 heavy (non-hydrogen) atoms. The van der Waals surface area contributed by atoms with E-state index in [0.29, 0.717) is 11.1 Å². The molecule has 1 aromatic heterocycles. The van der Waals surface area contributed by atoms with Gasteiger partial charge in [0.15, 0.2) is 0 Å². The van der Waals surface area contributed by atoms with Crippen LogP contribution in [0.3, 0.4) is 0 Å². The molecule has 0 fully saturated rings. The Bertz CT molecular complexity index is 1010. The number of aryl methyl sites for hydroxylation is 1. The van der Waals surface area contributed by atoms with Gasteiger partial charge in [-0.25, -0.2) is 0 Å². The number of aromatic nitrogens is 1. The van der Waals surface area contributed by atoms with Crippen LogP contribution in [0.1, 0.15) is 29.3 Å². The van der Waals surface area contributed by atoms with E-state index in [2.05, 4.69) is 42.7 Å². The van der Waals surface area contributed by atoms with Gasteiger partial charge in [0.25, 0.3) is 0 Å². The normalized spacial score (nSPS) is 11.2. The minimum atomic E-state index is 0.592. The molecule has 0 N–H and O–H groups in total. The molecule has 3 heteroatoms. The molecule has 0 amide bonds. The molecule has 3 rings (SSSR count). The molecule has 116 valence electrons. The molecule has 2 aromatic carbocycles. The van der Waals surface area contributed by atoms with Gasteiger partial charge < -0.3 is 4.57 Å². The number of allylic oxidation sites excluding steroid dienone is 1. The summed E-state index contributed by atoms with van der Waals surface area (Å²) >= 11 is 0. The number of nitriles is 2. The van der Waals surface area contributed by atoms with Crippen LogP contribution in [0.2, 0.25) is 0 Å². The molecule has 0 bridgehead atoms. The molecule has 3 aromatic rings. The summed E-state index contributed by atoms with van der Waals surface area (Å²) in [6.07, 6.45) is 1.95. The lowest BCUT2D eigenvalue weighted by molar-refractivity contribution is 0.769. The molecule has 0 radical (unpaired) electrons. The van der Waals surface area contributed by atoms with Gasteiger partial charge in [-0.1, -0.05) is 30.3 Å². The van der Waals surface area contributed by atoms with Crippen LogP contribution >= 0.6 is 0 Å². The van der Waals surface area contributed by atoms with Gasteiger partial charge in [-0.15, -0.1) is 0 Å². The zero-order valence-corrected chi connectivity index (χ0v) is 13.7. The number of hydrogen-bond donors (Lipinski definition) is 0. The highest BCUT2D eigenvalue weighted by atomic mass is 15.0. The average molecular weight is 311 g/mol. The summed E-state index contributed by atoms with van der Waals surface area (Å²) in [6.45, 7) is 5.10. The first-order valence-corrected chi connectivity index (χ1v) is 7.89. The first-order chi connectivity index (χ1) is 11.7. The molecule has 0 aliphatic heterocycles. The molecular weight excluding hydrogens is 294 g/mol. The number of rotatable bonds is 3. The monoisotopic (exact) mass is 311 g/mol. The highest BCUT2D eigenvalue weighted by molar-refractivity contribution is 5.99. The molecule has 0 saturated heterocycles.